The highest BCUT2D eigenvalue weighted by molar-refractivity contribution is 5.91. The fourth-order valence-corrected chi connectivity index (χ4v) is 2.68. The molecule has 3 N–H and O–H groups in total. The summed E-state index contributed by atoms with van der Waals surface area (Å²) in [5.41, 5.74) is 2.01. The number of anilines is 2. The smallest absolute Gasteiger partial charge is 0.319 e. The Labute approximate surface area is 165 Å². The van der Waals surface area contributed by atoms with Gasteiger partial charge in [-0.05, 0) is 42.0 Å². The largest absolute Gasteiger partial charge is 0.493 e. The molecule has 2 aromatic rings. The van der Waals surface area contributed by atoms with Crippen LogP contribution in [0.5, 0.6) is 11.5 Å². The van der Waals surface area contributed by atoms with Gasteiger partial charge in [0.1, 0.15) is 0 Å². The van der Waals surface area contributed by atoms with E-state index in [-0.39, 0.29) is 17.4 Å². The third kappa shape index (κ3) is 5.64. The predicted molar refractivity (Wildman–Crippen MR) is 110 cm³/mol. The summed E-state index contributed by atoms with van der Waals surface area (Å²) >= 11 is 0. The van der Waals surface area contributed by atoms with Crippen LogP contribution in [0.1, 0.15) is 26.3 Å². The first-order chi connectivity index (χ1) is 13.2. The Kier molecular flexibility index (Phi) is 6.87. The zero-order valence-corrected chi connectivity index (χ0v) is 16.9. The molecule has 0 spiro atoms. The maximum Gasteiger partial charge on any atom is 0.319 e. The van der Waals surface area contributed by atoms with E-state index in [0.717, 1.165) is 5.56 Å². The molecule has 0 aliphatic carbocycles. The molecule has 2 aromatic carbocycles. The standard InChI is InChI=1S/C21H27N3O4/c1-14(25)23-16-7-9-17(10-8-16)24-20(26)22-13-21(2,3)15-6-11-18(27-4)19(12-15)28-5/h6-12H,13H2,1-5H3,(H,23,25)(H2,22,24,26). The van der Waals surface area contributed by atoms with E-state index >= 15 is 0 Å². The zero-order valence-electron chi connectivity index (χ0n) is 16.9. The Morgan fingerprint density at radius 3 is 2.00 bits per heavy atom. The summed E-state index contributed by atoms with van der Waals surface area (Å²) in [6, 6.07) is 12.3. The minimum atomic E-state index is -0.313. The zero-order chi connectivity index (χ0) is 20.7. The van der Waals surface area contributed by atoms with Crippen molar-refractivity contribution in [2.75, 3.05) is 31.4 Å². The van der Waals surface area contributed by atoms with Crippen molar-refractivity contribution >= 4 is 23.3 Å². The normalized spacial score (nSPS) is 10.8. The first-order valence-electron chi connectivity index (χ1n) is 8.90. The molecule has 0 aromatic heterocycles. The second-order valence-electron chi connectivity index (χ2n) is 7.02. The van der Waals surface area contributed by atoms with Gasteiger partial charge in [0.2, 0.25) is 5.91 Å². The maximum absolute atomic E-state index is 12.2. The Bertz CT molecular complexity index is 832. The number of carbonyl (C=O) groups is 2. The predicted octanol–water partition coefficient (Wildman–Crippen LogP) is 3.76. The van der Waals surface area contributed by atoms with Gasteiger partial charge in [-0.1, -0.05) is 19.9 Å². The number of benzene rings is 2. The summed E-state index contributed by atoms with van der Waals surface area (Å²) in [4.78, 5) is 23.3. The number of rotatable bonds is 7. The fourth-order valence-electron chi connectivity index (χ4n) is 2.68. The van der Waals surface area contributed by atoms with Crippen LogP contribution in [0.15, 0.2) is 42.5 Å². The van der Waals surface area contributed by atoms with E-state index < -0.39 is 0 Å². The lowest BCUT2D eigenvalue weighted by atomic mass is 9.84. The Morgan fingerprint density at radius 1 is 0.893 bits per heavy atom. The monoisotopic (exact) mass is 385 g/mol. The molecule has 0 unspecified atom stereocenters. The number of urea groups is 1. The maximum atomic E-state index is 12.2. The summed E-state index contributed by atoms with van der Waals surface area (Å²) in [6.07, 6.45) is 0. The average Bonchev–Trinajstić information content (AvgIpc) is 2.67. The van der Waals surface area contributed by atoms with Crippen molar-refractivity contribution in [2.24, 2.45) is 0 Å². The van der Waals surface area contributed by atoms with Gasteiger partial charge in [0.05, 0.1) is 14.2 Å². The van der Waals surface area contributed by atoms with Crippen LogP contribution in [0, 0.1) is 0 Å². The average molecular weight is 385 g/mol. The molecule has 0 saturated heterocycles. The number of amides is 3. The molecule has 0 saturated carbocycles. The Balaban J connectivity index is 1.96. The van der Waals surface area contributed by atoms with E-state index in [1.807, 2.05) is 32.0 Å². The number of nitrogens with one attached hydrogen (secondary N) is 3. The molecule has 0 heterocycles. The second-order valence-corrected chi connectivity index (χ2v) is 7.02. The van der Waals surface area contributed by atoms with Crippen LogP contribution in [0.25, 0.3) is 0 Å². The fraction of sp³-hybridized carbons (Fsp3) is 0.333. The van der Waals surface area contributed by atoms with E-state index in [1.54, 1.807) is 38.5 Å². The molecule has 28 heavy (non-hydrogen) atoms. The molecule has 0 fully saturated rings. The van der Waals surface area contributed by atoms with Crippen LogP contribution in [0.4, 0.5) is 16.2 Å². The summed E-state index contributed by atoms with van der Waals surface area (Å²) in [5, 5.41) is 8.35. The molecule has 150 valence electrons. The summed E-state index contributed by atoms with van der Waals surface area (Å²) < 4.78 is 10.6. The molecule has 0 aliphatic rings. The number of hydrogen-bond acceptors (Lipinski definition) is 4. The first-order valence-corrected chi connectivity index (χ1v) is 8.90. The van der Waals surface area contributed by atoms with Crippen LogP contribution in [-0.4, -0.2) is 32.7 Å². The van der Waals surface area contributed by atoms with Crippen molar-refractivity contribution in [2.45, 2.75) is 26.2 Å². The van der Waals surface area contributed by atoms with Gasteiger partial charge in [0, 0.05) is 30.3 Å². The Morgan fingerprint density at radius 2 is 1.46 bits per heavy atom. The molecule has 0 bridgehead atoms. The van der Waals surface area contributed by atoms with E-state index in [1.165, 1.54) is 6.92 Å². The van der Waals surface area contributed by atoms with Gasteiger partial charge in [-0.3, -0.25) is 4.79 Å². The summed E-state index contributed by atoms with van der Waals surface area (Å²) in [7, 11) is 3.19. The quantitative estimate of drug-likeness (QED) is 0.677. The van der Waals surface area contributed by atoms with E-state index in [0.29, 0.717) is 29.4 Å². The van der Waals surface area contributed by atoms with Crippen molar-refractivity contribution in [1.82, 2.24) is 5.32 Å². The van der Waals surface area contributed by atoms with Gasteiger partial charge >= 0.3 is 6.03 Å². The molecular weight excluding hydrogens is 358 g/mol. The topological polar surface area (TPSA) is 88.7 Å². The van der Waals surface area contributed by atoms with Gasteiger partial charge in [0.25, 0.3) is 0 Å². The third-order valence-corrected chi connectivity index (χ3v) is 4.32. The lowest BCUT2D eigenvalue weighted by Crippen LogP contribution is -2.39. The van der Waals surface area contributed by atoms with Gasteiger partial charge in [-0.15, -0.1) is 0 Å². The molecule has 7 heteroatoms. The minimum Gasteiger partial charge on any atom is -0.493 e. The first kappa shape index (κ1) is 21.1. The van der Waals surface area contributed by atoms with Gasteiger partial charge in [-0.2, -0.15) is 0 Å². The van der Waals surface area contributed by atoms with Crippen molar-refractivity contribution in [3.05, 3.63) is 48.0 Å². The number of ether oxygens (including phenoxy) is 2. The minimum absolute atomic E-state index is 0.143. The van der Waals surface area contributed by atoms with E-state index in [2.05, 4.69) is 16.0 Å². The van der Waals surface area contributed by atoms with Crippen LogP contribution in [-0.2, 0) is 10.2 Å². The highest BCUT2D eigenvalue weighted by Crippen LogP contribution is 2.32. The van der Waals surface area contributed by atoms with Crippen molar-refractivity contribution in [3.8, 4) is 11.5 Å². The van der Waals surface area contributed by atoms with E-state index in [9.17, 15) is 9.59 Å². The molecule has 0 aliphatic heterocycles. The van der Waals surface area contributed by atoms with Gasteiger partial charge in [-0.25, -0.2) is 4.79 Å². The lowest BCUT2D eigenvalue weighted by molar-refractivity contribution is -0.114. The van der Waals surface area contributed by atoms with Crippen molar-refractivity contribution in [1.29, 1.82) is 0 Å². The number of methoxy groups -OCH3 is 2. The molecule has 0 radical (unpaired) electrons. The van der Waals surface area contributed by atoms with Crippen LogP contribution in [0.2, 0.25) is 0 Å². The highest BCUT2D eigenvalue weighted by Gasteiger charge is 2.23. The second kappa shape index (κ2) is 9.12. The number of hydrogen-bond donors (Lipinski definition) is 3. The Hall–Kier alpha value is -3.22. The third-order valence-electron chi connectivity index (χ3n) is 4.32. The summed E-state index contributed by atoms with van der Waals surface area (Å²) in [5.74, 6) is 1.17. The van der Waals surface area contributed by atoms with Crippen molar-refractivity contribution < 1.29 is 19.1 Å². The SMILES string of the molecule is COc1ccc(C(C)(C)CNC(=O)Nc2ccc(NC(C)=O)cc2)cc1OC. The highest BCUT2D eigenvalue weighted by atomic mass is 16.5. The van der Waals surface area contributed by atoms with Crippen molar-refractivity contribution in [3.63, 3.8) is 0 Å². The van der Waals surface area contributed by atoms with Gasteiger partial charge in [0.15, 0.2) is 11.5 Å². The molecule has 3 amide bonds. The van der Waals surface area contributed by atoms with Gasteiger partial charge < -0.3 is 25.4 Å². The number of carbonyl (C=O) groups excluding carboxylic acids is 2. The lowest BCUT2D eigenvalue weighted by Gasteiger charge is -2.26. The van der Waals surface area contributed by atoms with Crippen LogP contribution < -0.4 is 25.4 Å². The van der Waals surface area contributed by atoms with E-state index in [4.69, 9.17) is 9.47 Å². The van der Waals surface area contributed by atoms with Crippen LogP contribution in [0.3, 0.4) is 0 Å². The van der Waals surface area contributed by atoms with Crippen LogP contribution >= 0.6 is 0 Å². The summed E-state index contributed by atoms with van der Waals surface area (Å²) in [6.45, 7) is 5.95. The molecule has 7 nitrogen and oxygen atoms in total. The molecule has 2 rings (SSSR count). The molecular formula is C21H27N3O4. The molecule has 0 atom stereocenters.